The quantitative estimate of drug-likeness (QED) is 0.220. The zero-order chi connectivity index (χ0) is 27.8. The smallest absolute Gasteiger partial charge is 0.270 e. The van der Waals surface area contributed by atoms with E-state index in [-0.39, 0.29) is 17.2 Å². The molecule has 1 fully saturated rings. The van der Waals surface area contributed by atoms with E-state index in [1.165, 1.54) is 25.2 Å². The Kier molecular flexibility index (Phi) is 6.71. The van der Waals surface area contributed by atoms with Crippen molar-refractivity contribution in [3.05, 3.63) is 94.1 Å². The van der Waals surface area contributed by atoms with Crippen molar-refractivity contribution in [2.45, 2.75) is 13.5 Å². The van der Waals surface area contributed by atoms with Gasteiger partial charge in [0.15, 0.2) is 5.11 Å². The fraction of sp³-hybridized carbons (Fsp3) is 0.138. The fourth-order valence-corrected chi connectivity index (χ4v) is 4.80. The number of hydrogen-bond donors (Lipinski definition) is 1. The standard InChI is InChI=1S/C29H23N3O6S/c1-16-8-10-19(11-9-16)32-28(36)22(25(33)30-29(32)39)13-17-12-18(24(38-3)14-23(17)37-2)15-31-26(34)20-6-4-5-7-21(20)27(31)35/h4-14H,15H2,1-3H3,(H,30,33,39). The number of ether oxygens (including phenoxy) is 2. The van der Waals surface area contributed by atoms with Crippen LogP contribution >= 0.6 is 12.2 Å². The first-order valence-electron chi connectivity index (χ1n) is 11.9. The number of fused-ring (bicyclic) bond motifs is 1. The maximum Gasteiger partial charge on any atom is 0.270 e. The minimum atomic E-state index is -0.659. The lowest BCUT2D eigenvalue weighted by Gasteiger charge is -2.29. The summed E-state index contributed by atoms with van der Waals surface area (Å²) >= 11 is 5.28. The van der Waals surface area contributed by atoms with E-state index in [0.717, 1.165) is 10.5 Å². The Hall–Kier alpha value is -4.83. The molecule has 1 N–H and O–H groups in total. The van der Waals surface area contributed by atoms with Gasteiger partial charge in [0.05, 0.1) is 37.6 Å². The molecule has 0 bridgehead atoms. The van der Waals surface area contributed by atoms with Crippen LogP contribution in [0.15, 0.2) is 66.2 Å². The van der Waals surface area contributed by atoms with Crippen molar-refractivity contribution in [2.75, 3.05) is 19.1 Å². The molecular formula is C29H23N3O6S. The highest BCUT2D eigenvalue weighted by Gasteiger charge is 2.37. The number of nitrogens with one attached hydrogen (secondary N) is 1. The number of methoxy groups -OCH3 is 2. The second kappa shape index (κ2) is 10.1. The van der Waals surface area contributed by atoms with E-state index < -0.39 is 23.6 Å². The largest absolute Gasteiger partial charge is 0.496 e. The normalized spacial score (nSPS) is 16.1. The van der Waals surface area contributed by atoms with Gasteiger partial charge in [-0.15, -0.1) is 0 Å². The highest BCUT2D eigenvalue weighted by Crippen LogP contribution is 2.34. The number of anilines is 1. The molecule has 1 saturated heterocycles. The molecule has 196 valence electrons. The molecule has 4 amide bonds. The summed E-state index contributed by atoms with van der Waals surface area (Å²) in [5.74, 6) is -1.41. The van der Waals surface area contributed by atoms with E-state index in [2.05, 4.69) is 5.32 Å². The molecule has 0 atom stereocenters. The molecule has 3 aromatic carbocycles. The van der Waals surface area contributed by atoms with E-state index >= 15 is 0 Å². The Bertz CT molecular complexity index is 1560. The second-order valence-electron chi connectivity index (χ2n) is 8.94. The summed E-state index contributed by atoms with van der Waals surface area (Å²) in [5, 5.41) is 2.54. The van der Waals surface area contributed by atoms with Crippen LogP contribution < -0.4 is 19.7 Å². The Morgan fingerprint density at radius 1 is 0.846 bits per heavy atom. The number of amides is 4. The average Bonchev–Trinajstić information content (AvgIpc) is 3.17. The first-order chi connectivity index (χ1) is 18.7. The van der Waals surface area contributed by atoms with Gasteiger partial charge in [-0.3, -0.25) is 34.3 Å². The molecule has 0 aromatic heterocycles. The van der Waals surface area contributed by atoms with Gasteiger partial charge in [-0.25, -0.2) is 0 Å². The van der Waals surface area contributed by atoms with Gasteiger partial charge in [0.25, 0.3) is 23.6 Å². The van der Waals surface area contributed by atoms with E-state index in [1.54, 1.807) is 48.5 Å². The molecule has 0 aliphatic carbocycles. The van der Waals surface area contributed by atoms with Crippen LogP contribution in [0, 0.1) is 6.92 Å². The van der Waals surface area contributed by atoms with Crippen molar-refractivity contribution in [1.82, 2.24) is 10.2 Å². The van der Waals surface area contributed by atoms with E-state index in [0.29, 0.717) is 39.4 Å². The summed E-state index contributed by atoms with van der Waals surface area (Å²) < 4.78 is 11.0. The molecule has 0 spiro atoms. The minimum Gasteiger partial charge on any atom is -0.496 e. The number of imide groups is 1. The third-order valence-corrected chi connectivity index (χ3v) is 6.82. The number of hydrogen-bond acceptors (Lipinski definition) is 7. The summed E-state index contributed by atoms with van der Waals surface area (Å²) in [7, 11) is 2.90. The van der Waals surface area contributed by atoms with Crippen LogP contribution in [-0.2, 0) is 16.1 Å². The molecule has 2 aliphatic rings. The number of thiocarbonyl (C=S) groups is 1. The molecule has 2 heterocycles. The lowest BCUT2D eigenvalue weighted by molar-refractivity contribution is -0.122. The predicted molar refractivity (Wildman–Crippen MR) is 148 cm³/mol. The highest BCUT2D eigenvalue weighted by molar-refractivity contribution is 7.80. The maximum absolute atomic E-state index is 13.5. The molecule has 0 unspecified atom stereocenters. The molecule has 2 aliphatic heterocycles. The number of rotatable bonds is 6. The van der Waals surface area contributed by atoms with Crippen LogP contribution in [0.2, 0.25) is 0 Å². The average molecular weight is 542 g/mol. The molecule has 3 aromatic rings. The number of nitrogens with zero attached hydrogens (tertiary/aromatic N) is 2. The fourth-order valence-electron chi connectivity index (χ4n) is 4.52. The molecule has 10 heteroatoms. The molecule has 0 radical (unpaired) electrons. The predicted octanol–water partition coefficient (Wildman–Crippen LogP) is 3.64. The SMILES string of the molecule is COc1cc(OC)c(CN2C(=O)c3ccccc3C2=O)cc1C=C1C(=O)NC(=S)N(c2ccc(C)cc2)C1=O. The van der Waals surface area contributed by atoms with Crippen LogP contribution in [0.25, 0.3) is 6.08 Å². The van der Waals surface area contributed by atoms with Gasteiger partial charge in [-0.1, -0.05) is 29.8 Å². The van der Waals surface area contributed by atoms with Gasteiger partial charge in [-0.05, 0) is 55.5 Å². The number of carbonyl (C=O) groups excluding carboxylic acids is 4. The zero-order valence-electron chi connectivity index (χ0n) is 21.3. The third-order valence-electron chi connectivity index (χ3n) is 6.53. The molecule has 9 nitrogen and oxygen atoms in total. The molecule has 39 heavy (non-hydrogen) atoms. The lowest BCUT2D eigenvalue weighted by atomic mass is 10.0. The molecule has 5 rings (SSSR count). The Balaban J connectivity index is 1.54. The number of carbonyl (C=O) groups is 4. The topological polar surface area (TPSA) is 105 Å². The number of aryl methyl sites for hydroxylation is 1. The Labute approximate surface area is 229 Å². The van der Waals surface area contributed by atoms with Crippen LogP contribution in [-0.4, -0.2) is 47.9 Å². The summed E-state index contributed by atoms with van der Waals surface area (Å²) in [6, 6.07) is 17.0. The van der Waals surface area contributed by atoms with Gasteiger partial charge in [0.1, 0.15) is 17.1 Å². The van der Waals surface area contributed by atoms with Crippen molar-refractivity contribution in [3.63, 3.8) is 0 Å². The lowest BCUT2D eigenvalue weighted by Crippen LogP contribution is -2.54. The van der Waals surface area contributed by atoms with Crippen LogP contribution in [0.1, 0.15) is 37.4 Å². The Morgan fingerprint density at radius 2 is 1.46 bits per heavy atom. The maximum atomic E-state index is 13.5. The first-order valence-corrected chi connectivity index (χ1v) is 12.3. The van der Waals surface area contributed by atoms with Gasteiger partial charge in [0.2, 0.25) is 0 Å². The highest BCUT2D eigenvalue weighted by atomic mass is 32.1. The monoisotopic (exact) mass is 541 g/mol. The summed E-state index contributed by atoms with van der Waals surface area (Å²) in [4.78, 5) is 54.6. The molecular weight excluding hydrogens is 518 g/mol. The van der Waals surface area contributed by atoms with E-state index in [4.69, 9.17) is 21.7 Å². The van der Waals surface area contributed by atoms with Crippen molar-refractivity contribution >= 4 is 52.7 Å². The van der Waals surface area contributed by atoms with Crippen LogP contribution in [0.3, 0.4) is 0 Å². The van der Waals surface area contributed by atoms with Crippen LogP contribution in [0.5, 0.6) is 11.5 Å². The van der Waals surface area contributed by atoms with E-state index in [9.17, 15) is 19.2 Å². The van der Waals surface area contributed by atoms with Crippen LogP contribution in [0.4, 0.5) is 5.69 Å². The summed E-state index contributed by atoms with van der Waals surface area (Å²) in [6.45, 7) is 1.83. The second-order valence-corrected chi connectivity index (χ2v) is 9.33. The summed E-state index contributed by atoms with van der Waals surface area (Å²) in [5.41, 5.74) is 2.86. The van der Waals surface area contributed by atoms with Crippen molar-refractivity contribution < 1.29 is 28.7 Å². The Morgan fingerprint density at radius 3 is 2.05 bits per heavy atom. The number of benzene rings is 3. The van der Waals surface area contributed by atoms with Gasteiger partial charge >= 0.3 is 0 Å². The van der Waals surface area contributed by atoms with Gasteiger partial charge < -0.3 is 9.47 Å². The minimum absolute atomic E-state index is 0.0287. The van der Waals surface area contributed by atoms with Crippen molar-refractivity contribution in [3.8, 4) is 11.5 Å². The summed E-state index contributed by atoms with van der Waals surface area (Å²) in [6.07, 6.45) is 1.39. The zero-order valence-corrected chi connectivity index (χ0v) is 22.1. The van der Waals surface area contributed by atoms with Gasteiger partial charge in [-0.2, -0.15) is 0 Å². The molecule has 0 saturated carbocycles. The first kappa shape index (κ1) is 25.8. The van der Waals surface area contributed by atoms with E-state index in [1.807, 2.05) is 19.1 Å². The van der Waals surface area contributed by atoms with Crippen molar-refractivity contribution in [1.29, 1.82) is 0 Å². The van der Waals surface area contributed by atoms with Crippen molar-refractivity contribution in [2.24, 2.45) is 0 Å². The van der Waals surface area contributed by atoms with Gasteiger partial charge in [0, 0.05) is 17.2 Å². The third kappa shape index (κ3) is 4.55.